The minimum atomic E-state index is -4.62. The number of amides is 1. The fraction of sp³-hybridized carbons (Fsp3) is 0.240. The molecular weight excluding hydrogens is 473 g/mol. The van der Waals surface area contributed by atoms with Gasteiger partial charge in [-0.1, -0.05) is 30.3 Å². The Morgan fingerprint density at radius 3 is 2.56 bits per heavy atom. The van der Waals surface area contributed by atoms with Crippen LogP contribution >= 0.6 is 0 Å². The van der Waals surface area contributed by atoms with E-state index in [4.69, 9.17) is 4.74 Å². The van der Waals surface area contributed by atoms with Crippen molar-refractivity contribution in [3.05, 3.63) is 77.7 Å². The highest BCUT2D eigenvalue weighted by atomic mass is 19.4. The number of ether oxygens (including phenoxy) is 1. The molecule has 1 amide bonds. The maximum atomic E-state index is 13.4. The fourth-order valence-corrected chi connectivity index (χ4v) is 4.03. The van der Waals surface area contributed by atoms with Crippen LogP contribution in [0.4, 0.5) is 30.2 Å². The van der Waals surface area contributed by atoms with Crippen molar-refractivity contribution in [3.8, 4) is 0 Å². The van der Waals surface area contributed by atoms with E-state index in [9.17, 15) is 18.0 Å². The van der Waals surface area contributed by atoms with Crippen LogP contribution in [0.3, 0.4) is 0 Å². The number of pyridine rings is 1. The number of nitrogens with one attached hydrogen (secondary N) is 3. The summed E-state index contributed by atoms with van der Waals surface area (Å²) < 4.78 is 45.6. The quantitative estimate of drug-likeness (QED) is 0.355. The highest BCUT2D eigenvalue weighted by Crippen LogP contribution is 2.34. The molecule has 11 heteroatoms. The van der Waals surface area contributed by atoms with Gasteiger partial charge in [0.1, 0.15) is 11.4 Å². The fourth-order valence-electron chi connectivity index (χ4n) is 4.03. The molecule has 0 radical (unpaired) electrons. The molecule has 4 aromatic rings. The van der Waals surface area contributed by atoms with Gasteiger partial charge in [0.25, 0.3) is 5.91 Å². The average molecular weight is 496 g/mol. The van der Waals surface area contributed by atoms with Crippen LogP contribution in [0.25, 0.3) is 10.9 Å². The van der Waals surface area contributed by atoms with Gasteiger partial charge in [-0.3, -0.25) is 14.8 Å². The Morgan fingerprint density at radius 1 is 1.06 bits per heavy atom. The summed E-state index contributed by atoms with van der Waals surface area (Å²) in [4.78, 5) is 19.0. The van der Waals surface area contributed by atoms with Crippen LogP contribution < -0.4 is 10.6 Å². The summed E-state index contributed by atoms with van der Waals surface area (Å²) in [6.07, 6.45) is -3.27. The molecule has 1 aliphatic rings. The summed E-state index contributed by atoms with van der Waals surface area (Å²) >= 11 is 0. The van der Waals surface area contributed by atoms with Gasteiger partial charge >= 0.3 is 6.18 Å². The number of anilines is 3. The van der Waals surface area contributed by atoms with Crippen LogP contribution in [0.5, 0.6) is 0 Å². The molecule has 3 heterocycles. The molecule has 0 aliphatic carbocycles. The number of hydrogen-bond acceptors (Lipinski definition) is 6. The van der Waals surface area contributed by atoms with Gasteiger partial charge in [0.05, 0.1) is 36.3 Å². The molecule has 0 bridgehead atoms. The monoisotopic (exact) mass is 496 g/mol. The molecule has 1 saturated heterocycles. The van der Waals surface area contributed by atoms with Crippen molar-refractivity contribution < 1.29 is 22.7 Å². The van der Waals surface area contributed by atoms with Crippen molar-refractivity contribution in [1.82, 2.24) is 20.1 Å². The molecule has 0 atom stereocenters. The second-order valence-corrected chi connectivity index (χ2v) is 8.39. The molecule has 3 N–H and O–H groups in total. The molecule has 36 heavy (non-hydrogen) atoms. The minimum absolute atomic E-state index is 0.0850. The smallest absolute Gasteiger partial charge is 0.379 e. The molecule has 0 saturated carbocycles. The Morgan fingerprint density at radius 2 is 1.81 bits per heavy atom. The first-order chi connectivity index (χ1) is 17.4. The Bertz CT molecular complexity index is 1360. The summed E-state index contributed by atoms with van der Waals surface area (Å²) in [5.74, 6) is -0.481. The number of benzene rings is 2. The van der Waals surface area contributed by atoms with E-state index in [2.05, 4.69) is 30.7 Å². The maximum Gasteiger partial charge on any atom is 0.433 e. The van der Waals surface area contributed by atoms with Crippen LogP contribution in [-0.4, -0.2) is 52.3 Å². The number of carbonyl (C=O) groups excluding carboxylic acids is 1. The summed E-state index contributed by atoms with van der Waals surface area (Å²) in [5.41, 5.74) is 1.33. The summed E-state index contributed by atoms with van der Waals surface area (Å²) in [6, 6.07) is 14.9. The van der Waals surface area contributed by atoms with Crippen LogP contribution in [0.2, 0.25) is 0 Å². The third-order valence-electron chi connectivity index (χ3n) is 5.86. The molecule has 8 nitrogen and oxygen atoms in total. The number of para-hydroxylation sites is 1. The Hall–Kier alpha value is -3.96. The number of nitrogens with zero attached hydrogens (tertiary/aromatic N) is 3. The van der Waals surface area contributed by atoms with E-state index in [-0.39, 0.29) is 22.6 Å². The van der Waals surface area contributed by atoms with Gasteiger partial charge in [-0.15, -0.1) is 0 Å². The molecule has 186 valence electrons. The largest absolute Gasteiger partial charge is 0.433 e. The number of fused-ring (bicyclic) bond motifs is 1. The standard InChI is InChI=1S/C25H23F3N6O2/c26-25(27,28)22-13-20(18-3-1-2-4-19(18)32-22)31-21-14-29-33-23(21)24(35)30-17-7-5-16(6-8-17)15-34-9-11-36-12-10-34/h1-8,13-14H,9-12,15H2,(H,29,33)(H,30,35)(H,31,32). The van der Waals surface area contributed by atoms with Crippen molar-refractivity contribution in [1.29, 1.82) is 0 Å². The van der Waals surface area contributed by atoms with Crippen LogP contribution in [-0.2, 0) is 17.5 Å². The molecule has 5 rings (SSSR count). The number of rotatable bonds is 6. The lowest BCUT2D eigenvalue weighted by molar-refractivity contribution is -0.140. The van der Waals surface area contributed by atoms with E-state index >= 15 is 0 Å². The third-order valence-corrected chi connectivity index (χ3v) is 5.86. The van der Waals surface area contributed by atoms with Crippen molar-refractivity contribution in [3.63, 3.8) is 0 Å². The summed E-state index contributed by atoms with van der Waals surface area (Å²) in [5, 5.41) is 12.7. The van der Waals surface area contributed by atoms with Gasteiger partial charge in [0, 0.05) is 30.7 Å². The first-order valence-electron chi connectivity index (χ1n) is 11.3. The second-order valence-electron chi connectivity index (χ2n) is 8.39. The average Bonchev–Trinajstić information content (AvgIpc) is 3.33. The van der Waals surface area contributed by atoms with Crippen molar-refractivity contribution in [2.24, 2.45) is 0 Å². The van der Waals surface area contributed by atoms with Crippen LogP contribution in [0.1, 0.15) is 21.7 Å². The van der Waals surface area contributed by atoms with Gasteiger partial charge in [-0.05, 0) is 29.8 Å². The minimum Gasteiger partial charge on any atom is -0.379 e. The Balaban J connectivity index is 1.32. The zero-order chi connectivity index (χ0) is 25.1. The number of alkyl halides is 3. The lowest BCUT2D eigenvalue weighted by Gasteiger charge is -2.26. The number of H-pyrrole nitrogens is 1. The molecule has 2 aromatic carbocycles. The van der Waals surface area contributed by atoms with E-state index in [1.54, 1.807) is 18.2 Å². The highest BCUT2D eigenvalue weighted by Gasteiger charge is 2.33. The zero-order valence-electron chi connectivity index (χ0n) is 19.1. The SMILES string of the molecule is O=C(Nc1ccc(CN2CCOCC2)cc1)c1[nH]ncc1Nc1cc(C(F)(F)F)nc2ccccc12. The molecule has 0 unspecified atom stereocenters. The molecule has 2 aromatic heterocycles. The normalized spacial score (nSPS) is 14.6. The van der Waals surface area contributed by atoms with E-state index in [0.29, 0.717) is 11.1 Å². The number of hydrogen-bond donors (Lipinski definition) is 3. The summed E-state index contributed by atoms with van der Waals surface area (Å²) in [6.45, 7) is 4.01. The topological polar surface area (TPSA) is 95.2 Å². The zero-order valence-corrected chi connectivity index (χ0v) is 19.1. The highest BCUT2D eigenvalue weighted by molar-refractivity contribution is 6.07. The number of carbonyl (C=O) groups is 1. The summed E-state index contributed by atoms with van der Waals surface area (Å²) in [7, 11) is 0. The van der Waals surface area contributed by atoms with Crippen LogP contribution in [0.15, 0.2) is 60.8 Å². The number of halogens is 3. The molecular formula is C25H23F3N6O2. The lowest BCUT2D eigenvalue weighted by atomic mass is 10.1. The van der Waals surface area contributed by atoms with Crippen molar-refractivity contribution >= 4 is 33.9 Å². The first kappa shape index (κ1) is 23.8. The Labute approximate surface area is 204 Å². The molecule has 1 aliphatic heterocycles. The van der Waals surface area contributed by atoms with E-state index < -0.39 is 17.8 Å². The van der Waals surface area contributed by atoms with Gasteiger partial charge in [-0.25, -0.2) is 4.98 Å². The predicted octanol–water partition coefficient (Wildman–Crippen LogP) is 4.80. The number of morpholine rings is 1. The van der Waals surface area contributed by atoms with Crippen molar-refractivity contribution in [2.75, 3.05) is 36.9 Å². The van der Waals surface area contributed by atoms with E-state index in [1.165, 1.54) is 12.3 Å². The van der Waals surface area contributed by atoms with E-state index in [0.717, 1.165) is 44.5 Å². The predicted molar refractivity (Wildman–Crippen MR) is 129 cm³/mol. The lowest BCUT2D eigenvalue weighted by Crippen LogP contribution is -2.35. The van der Waals surface area contributed by atoms with Crippen LogP contribution in [0, 0.1) is 0 Å². The number of aromatic nitrogens is 3. The molecule has 0 spiro atoms. The Kier molecular flexibility index (Phi) is 6.57. The first-order valence-corrected chi connectivity index (χ1v) is 11.3. The van der Waals surface area contributed by atoms with Crippen molar-refractivity contribution in [2.45, 2.75) is 12.7 Å². The third kappa shape index (κ3) is 5.31. The van der Waals surface area contributed by atoms with Gasteiger partial charge < -0.3 is 15.4 Å². The van der Waals surface area contributed by atoms with Gasteiger partial charge in [-0.2, -0.15) is 18.3 Å². The second kappa shape index (κ2) is 9.96. The number of aromatic amines is 1. The van der Waals surface area contributed by atoms with Gasteiger partial charge in [0.15, 0.2) is 0 Å². The van der Waals surface area contributed by atoms with E-state index in [1.807, 2.05) is 24.3 Å². The van der Waals surface area contributed by atoms with Gasteiger partial charge in [0.2, 0.25) is 0 Å². The maximum absolute atomic E-state index is 13.4. The molecule has 1 fully saturated rings.